The first-order valence-electron chi connectivity index (χ1n) is 8.56. The SMILES string of the molecule is N#C/C(=C\c1ccccc1OCc1ccccn1)C(=O)Nc1cc(Cl)cc(Cl)c1. The number of halogens is 2. The molecule has 0 bridgehead atoms. The number of benzene rings is 2. The van der Waals surface area contributed by atoms with E-state index < -0.39 is 5.91 Å². The van der Waals surface area contributed by atoms with Crippen molar-refractivity contribution >= 4 is 40.9 Å². The van der Waals surface area contributed by atoms with Crippen LogP contribution in [0.1, 0.15) is 11.3 Å². The highest BCUT2D eigenvalue weighted by atomic mass is 35.5. The topological polar surface area (TPSA) is 75.0 Å². The summed E-state index contributed by atoms with van der Waals surface area (Å²) in [6.45, 7) is 0.265. The Morgan fingerprint density at radius 1 is 1.10 bits per heavy atom. The van der Waals surface area contributed by atoms with Crippen LogP contribution in [-0.4, -0.2) is 10.9 Å². The number of nitrogens with zero attached hydrogens (tertiary/aromatic N) is 2. The van der Waals surface area contributed by atoms with Crippen molar-refractivity contribution in [3.63, 3.8) is 0 Å². The molecule has 0 aliphatic rings. The lowest BCUT2D eigenvalue weighted by atomic mass is 10.1. The van der Waals surface area contributed by atoms with E-state index >= 15 is 0 Å². The van der Waals surface area contributed by atoms with Gasteiger partial charge in [-0.1, -0.05) is 47.5 Å². The number of carbonyl (C=O) groups excluding carboxylic acids is 1. The minimum absolute atomic E-state index is 0.0880. The number of carbonyl (C=O) groups is 1. The summed E-state index contributed by atoms with van der Waals surface area (Å²) in [6, 6.07) is 19.2. The number of pyridine rings is 1. The van der Waals surface area contributed by atoms with Gasteiger partial charge in [-0.25, -0.2) is 0 Å². The highest BCUT2D eigenvalue weighted by Crippen LogP contribution is 2.24. The minimum atomic E-state index is -0.578. The Hall–Kier alpha value is -3.33. The molecule has 1 amide bonds. The lowest BCUT2D eigenvalue weighted by Crippen LogP contribution is -2.13. The molecule has 0 unspecified atom stereocenters. The molecule has 144 valence electrons. The molecular weight excluding hydrogens is 409 g/mol. The standard InChI is InChI=1S/C22H15Cl2N3O2/c23-17-10-18(24)12-20(11-17)27-22(28)16(13-25)9-15-5-1-2-7-21(15)29-14-19-6-3-4-8-26-19/h1-12H,14H2,(H,27,28)/b16-9+. The van der Waals surface area contributed by atoms with Crippen LogP contribution in [0, 0.1) is 11.3 Å². The number of ether oxygens (including phenoxy) is 1. The van der Waals surface area contributed by atoms with E-state index in [9.17, 15) is 10.1 Å². The molecule has 1 aromatic heterocycles. The Balaban J connectivity index is 1.79. The van der Waals surface area contributed by atoms with E-state index in [0.717, 1.165) is 5.69 Å². The van der Waals surface area contributed by atoms with Crippen molar-refractivity contribution in [3.05, 3.63) is 93.7 Å². The minimum Gasteiger partial charge on any atom is -0.487 e. The molecule has 3 rings (SSSR count). The summed E-state index contributed by atoms with van der Waals surface area (Å²) in [7, 11) is 0. The Labute approximate surface area is 178 Å². The second-order valence-corrected chi connectivity index (χ2v) is 6.80. The monoisotopic (exact) mass is 423 g/mol. The zero-order valence-corrected chi connectivity index (χ0v) is 16.6. The fourth-order valence-electron chi connectivity index (χ4n) is 2.49. The predicted octanol–water partition coefficient (Wildman–Crippen LogP) is 5.51. The van der Waals surface area contributed by atoms with Gasteiger partial charge in [0, 0.05) is 27.5 Å². The molecule has 0 spiro atoms. The third kappa shape index (κ3) is 5.82. The molecule has 1 heterocycles. The Bertz CT molecular complexity index is 1070. The first-order valence-corrected chi connectivity index (χ1v) is 9.32. The Morgan fingerprint density at radius 2 is 1.83 bits per heavy atom. The number of nitriles is 1. The number of hydrogen-bond donors (Lipinski definition) is 1. The summed E-state index contributed by atoms with van der Waals surface area (Å²) in [5.74, 6) is -0.0464. The summed E-state index contributed by atoms with van der Waals surface area (Å²) in [5.41, 5.74) is 1.67. The smallest absolute Gasteiger partial charge is 0.266 e. The fourth-order valence-corrected chi connectivity index (χ4v) is 3.02. The van der Waals surface area contributed by atoms with E-state index in [1.165, 1.54) is 6.08 Å². The first-order chi connectivity index (χ1) is 14.0. The fraction of sp³-hybridized carbons (Fsp3) is 0.0455. The van der Waals surface area contributed by atoms with E-state index in [1.54, 1.807) is 42.6 Å². The normalized spacial score (nSPS) is 10.9. The maximum Gasteiger partial charge on any atom is 0.266 e. The maximum absolute atomic E-state index is 12.5. The number of para-hydroxylation sites is 1. The highest BCUT2D eigenvalue weighted by molar-refractivity contribution is 6.35. The lowest BCUT2D eigenvalue weighted by molar-refractivity contribution is -0.112. The summed E-state index contributed by atoms with van der Waals surface area (Å²) in [4.78, 5) is 16.7. The van der Waals surface area contributed by atoms with Gasteiger partial charge < -0.3 is 10.1 Å². The van der Waals surface area contributed by atoms with Gasteiger partial charge in [0.1, 0.15) is 24.0 Å². The molecule has 0 atom stereocenters. The predicted molar refractivity (Wildman–Crippen MR) is 114 cm³/mol. The van der Waals surface area contributed by atoms with Crippen molar-refractivity contribution in [3.8, 4) is 11.8 Å². The van der Waals surface area contributed by atoms with Crippen LogP contribution < -0.4 is 10.1 Å². The molecule has 5 nitrogen and oxygen atoms in total. The number of amides is 1. The molecule has 0 aliphatic heterocycles. The van der Waals surface area contributed by atoms with Gasteiger partial charge in [0.15, 0.2) is 0 Å². The maximum atomic E-state index is 12.5. The number of nitrogens with one attached hydrogen (secondary N) is 1. The van der Waals surface area contributed by atoms with E-state index in [0.29, 0.717) is 27.0 Å². The van der Waals surface area contributed by atoms with Crippen LogP contribution in [0.2, 0.25) is 10.0 Å². The van der Waals surface area contributed by atoms with Crippen LogP contribution in [0.15, 0.2) is 72.4 Å². The third-order valence-electron chi connectivity index (χ3n) is 3.81. The number of aromatic nitrogens is 1. The summed E-state index contributed by atoms with van der Waals surface area (Å²) in [5, 5.41) is 12.8. The van der Waals surface area contributed by atoms with E-state index in [2.05, 4.69) is 10.3 Å². The van der Waals surface area contributed by atoms with E-state index in [1.807, 2.05) is 30.3 Å². The highest BCUT2D eigenvalue weighted by Gasteiger charge is 2.12. The van der Waals surface area contributed by atoms with Crippen LogP contribution in [-0.2, 0) is 11.4 Å². The van der Waals surface area contributed by atoms with Crippen molar-refractivity contribution in [1.82, 2.24) is 4.98 Å². The third-order valence-corrected chi connectivity index (χ3v) is 4.24. The van der Waals surface area contributed by atoms with Gasteiger partial charge in [0.05, 0.1) is 5.69 Å². The molecule has 0 fully saturated rings. The van der Waals surface area contributed by atoms with Crippen LogP contribution in [0.4, 0.5) is 5.69 Å². The van der Waals surface area contributed by atoms with Crippen LogP contribution in [0.5, 0.6) is 5.75 Å². The van der Waals surface area contributed by atoms with Crippen molar-refractivity contribution in [2.75, 3.05) is 5.32 Å². The van der Waals surface area contributed by atoms with Gasteiger partial charge in [0.2, 0.25) is 0 Å². The average Bonchev–Trinajstić information content (AvgIpc) is 2.71. The second kappa shape index (κ2) is 9.74. The van der Waals surface area contributed by atoms with Gasteiger partial charge >= 0.3 is 0 Å². The van der Waals surface area contributed by atoms with Gasteiger partial charge in [-0.15, -0.1) is 0 Å². The van der Waals surface area contributed by atoms with Gasteiger partial charge in [-0.2, -0.15) is 5.26 Å². The van der Waals surface area contributed by atoms with Crippen LogP contribution in [0.3, 0.4) is 0 Å². The Morgan fingerprint density at radius 3 is 2.52 bits per heavy atom. The largest absolute Gasteiger partial charge is 0.487 e. The van der Waals surface area contributed by atoms with Gasteiger partial charge in [0.25, 0.3) is 5.91 Å². The van der Waals surface area contributed by atoms with Crippen molar-refractivity contribution in [1.29, 1.82) is 5.26 Å². The van der Waals surface area contributed by atoms with Crippen molar-refractivity contribution in [2.45, 2.75) is 6.61 Å². The van der Waals surface area contributed by atoms with Crippen molar-refractivity contribution < 1.29 is 9.53 Å². The van der Waals surface area contributed by atoms with E-state index in [4.69, 9.17) is 27.9 Å². The molecule has 0 saturated heterocycles. The molecule has 2 aromatic carbocycles. The Kier molecular flexibility index (Phi) is 6.85. The van der Waals surface area contributed by atoms with E-state index in [-0.39, 0.29) is 12.2 Å². The molecular formula is C22H15Cl2N3O2. The zero-order valence-electron chi connectivity index (χ0n) is 15.1. The lowest BCUT2D eigenvalue weighted by Gasteiger charge is -2.10. The number of rotatable bonds is 6. The zero-order chi connectivity index (χ0) is 20.6. The molecule has 1 N–H and O–H groups in total. The molecule has 0 saturated carbocycles. The molecule has 29 heavy (non-hydrogen) atoms. The van der Waals surface area contributed by atoms with Gasteiger partial charge in [-0.05, 0) is 42.5 Å². The summed E-state index contributed by atoms with van der Waals surface area (Å²) in [6.07, 6.45) is 3.15. The molecule has 3 aromatic rings. The molecule has 0 radical (unpaired) electrons. The molecule has 7 heteroatoms. The first kappa shape index (κ1) is 20.4. The summed E-state index contributed by atoms with van der Waals surface area (Å²) >= 11 is 11.9. The van der Waals surface area contributed by atoms with Crippen LogP contribution in [0.25, 0.3) is 6.08 Å². The van der Waals surface area contributed by atoms with Crippen molar-refractivity contribution in [2.24, 2.45) is 0 Å². The second-order valence-electron chi connectivity index (χ2n) is 5.93. The van der Waals surface area contributed by atoms with Crippen LogP contribution >= 0.6 is 23.2 Å². The summed E-state index contributed by atoms with van der Waals surface area (Å²) < 4.78 is 5.81. The number of anilines is 1. The van der Waals surface area contributed by atoms with Gasteiger partial charge in [-0.3, -0.25) is 9.78 Å². The number of hydrogen-bond acceptors (Lipinski definition) is 4. The molecule has 0 aliphatic carbocycles. The quantitative estimate of drug-likeness (QED) is 0.418. The average molecular weight is 424 g/mol.